The van der Waals surface area contributed by atoms with Gasteiger partial charge in [0.1, 0.15) is 10.5 Å². The molecule has 0 saturated carbocycles. The molecular formula is C4H15NOSi. The van der Waals surface area contributed by atoms with Crippen LogP contribution in [0.4, 0.5) is 0 Å². The number of rotatable bonds is 2. The van der Waals surface area contributed by atoms with Crippen LogP contribution in [0, 0.1) is 0 Å². The second kappa shape index (κ2) is 16.5. The Morgan fingerprint density at radius 1 is 1.57 bits per heavy atom. The third kappa shape index (κ3) is 23.0. The normalized spacial score (nSPS) is 7.29. The maximum absolute atomic E-state index is 7.14. The summed E-state index contributed by atoms with van der Waals surface area (Å²) in [7, 11) is 0.306. The Hall–Kier alpha value is 0.137. The van der Waals surface area contributed by atoms with Crippen LogP contribution in [0.1, 0.15) is 19.8 Å². The maximum atomic E-state index is 7.14. The fourth-order valence-corrected chi connectivity index (χ4v) is 0.204. The third-order valence-corrected chi connectivity index (χ3v) is 0.558. The Morgan fingerprint density at radius 3 is 2.00 bits per heavy atom. The van der Waals surface area contributed by atoms with Crippen molar-refractivity contribution in [3.8, 4) is 0 Å². The van der Waals surface area contributed by atoms with Gasteiger partial charge in [-0.05, 0) is 13.0 Å². The van der Waals surface area contributed by atoms with Crippen LogP contribution in [0.25, 0.3) is 0 Å². The lowest BCUT2D eigenvalue weighted by Crippen LogP contribution is -1.95. The zero-order valence-electron chi connectivity index (χ0n) is 5.15. The summed E-state index contributed by atoms with van der Waals surface area (Å²) in [4.78, 5) is 7.14. The van der Waals surface area contributed by atoms with Crippen molar-refractivity contribution < 1.29 is 4.80 Å². The minimum atomic E-state index is 0.306. The summed E-state index contributed by atoms with van der Waals surface area (Å²) in [6.45, 7) is 2.98. The van der Waals surface area contributed by atoms with E-state index in [9.17, 15) is 0 Å². The van der Waals surface area contributed by atoms with Gasteiger partial charge in [-0.15, -0.1) is 0 Å². The smallest absolute Gasteiger partial charge is 0.141 e. The molecule has 0 amide bonds. The molecule has 0 spiro atoms. The van der Waals surface area contributed by atoms with Gasteiger partial charge < -0.3 is 10.5 Å². The summed E-state index contributed by atoms with van der Waals surface area (Å²) >= 11 is 0. The minimum Gasteiger partial charge on any atom is -0.442 e. The molecule has 0 saturated heterocycles. The number of nitrogens with two attached hydrogens (primary N) is 1. The zero-order valence-corrected chi connectivity index (χ0v) is 7.15. The Labute approximate surface area is 48.3 Å². The van der Waals surface area contributed by atoms with E-state index < -0.39 is 0 Å². The van der Waals surface area contributed by atoms with Gasteiger partial charge in [0.05, 0.1) is 0 Å². The Kier molecular flexibility index (Phi) is 23.9. The molecule has 0 aromatic carbocycles. The van der Waals surface area contributed by atoms with Crippen LogP contribution in [-0.4, -0.2) is 21.8 Å². The molecule has 2 nitrogen and oxygen atoms in total. The molecule has 0 aliphatic heterocycles. The van der Waals surface area contributed by atoms with Crippen molar-refractivity contribution in [2.24, 2.45) is 5.73 Å². The average molecular weight is 121 g/mol. The standard InChI is InChI=1S/C4H11N.H4OSi/c1-2-3-4-5;1-2/h2-5H2,1H3;1H,2H3. The summed E-state index contributed by atoms with van der Waals surface area (Å²) in [5.74, 6) is 0. The third-order valence-electron chi connectivity index (χ3n) is 0.558. The summed E-state index contributed by atoms with van der Waals surface area (Å²) in [5.41, 5.74) is 5.14. The fraction of sp³-hybridized carbons (Fsp3) is 1.00. The molecule has 0 aromatic heterocycles. The van der Waals surface area contributed by atoms with Gasteiger partial charge in [-0.2, -0.15) is 0 Å². The summed E-state index contributed by atoms with van der Waals surface area (Å²) in [5, 5.41) is 0. The van der Waals surface area contributed by atoms with E-state index in [2.05, 4.69) is 6.92 Å². The van der Waals surface area contributed by atoms with E-state index in [1.54, 1.807) is 0 Å². The van der Waals surface area contributed by atoms with E-state index in [4.69, 9.17) is 10.5 Å². The molecule has 0 aromatic rings. The monoisotopic (exact) mass is 121 g/mol. The van der Waals surface area contributed by atoms with Crippen molar-refractivity contribution in [3.63, 3.8) is 0 Å². The highest BCUT2D eigenvalue weighted by atomic mass is 28.2. The lowest BCUT2D eigenvalue weighted by molar-refractivity contribution is 0.629. The molecule has 0 bridgehead atoms. The van der Waals surface area contributed by atoms with E-state index >= 15 is 0 Å². The van der Waals surface area contributed by atoms with Crippen LogP contribution in [0.3, 0.4) is 0 Å². The van der Waals surface area contributed by atoms with Crippen LogP contribution in [0.15, 0.2) is 0 Å². The first kappa shape index (κ1) is 10.2. The van der Waals surface area contributed by atoms with Crippen molar-refractivity contribution in [2.75, 3.05) is 6.54 Å². The molecule has 0 atom stereocenters. The molecule has 0 unspecified atom stereocenters. The molecule has 0 radical (unpaired) electrons. The predicted octanol–water partition coefficient (Wildman–Crippen LogP) is -0.996. The van der Waals surface area contributed by atoms with E-state index in [-0.39, 0.29) is 0 Å². The highest BCUT2D eigenvalue weighted by molar-refractivity contribution is 5.95. The van der Waals surface area contributed by atoms with Crippen molar-refractivity contribution in [1.29, 1.82) is 0 Å². The Balaban J connectivity index is 0. The second-order valence-electron chi connectivity index (χ2n) is 1.14. The number of unbranched alkanes of at least 4 members (excludes halogenated alkanes) is 1. The minimum absolute atomic E-state index is 0.306. The molecule has 0 heterocycles. The zero-order chi connectivity index (χ0) is 6.12. The van der Waals surface area contributed by atoms with Crippen LogP contribution in [-0.2, 0) is 0 Å². The number of hydrogen-bond acceptors (Lipinski definition) is 2. The molecule has 0 aliphatic rings. The molecule has 46 valence electrons. The van der Waals surface area contributed by atoms with E-state index in [1.165, 1.54) is 12.8 Å². The molecule has 3 heteroatoms. The highest BCUT2D eigenvalue weighted by Gasteiger charge is 1.67. The van der Waals surface area contributed by atoms with Crippen molar-refractivity contribution in [2.45, 2.75) is 19.8 Å². The van der Waals surface area contributed by atoms with E-state index in [0.29, 0.717) is 10.5 Å². The molecule has 0 rings (SSSR count). The van der Waals surface area contributed by atoms with Gasteiger partial charge in [-0.1, -0.05) is 13.3 Å². The lowest BCUT2D eigenvalue weighted by Gasteiger charge is -1.80. The van der Waals surface area contributed by atoms with Crippen molar-refractivity contribution >= 4 is 10.5 Å². The van der Waals surface area contributed by atoms with Gasteiger partial charge in [0, 0.05) is 0 Å². The summed E-state index contributed by atoms with van der Waals surface area (Å²) < 4.78 is 0. The predicted molar refractivity (Wildman–Crippen MR) is 36.1 cm³/mol. The van der Waals surface area contributed by atoms with Crippen LogP contribution >= 0.6 is 0 Å². The SMILES string of the molecule is CCCCN.O[SiH3]. The molecule has 7 heavy (non-hydrogen) atoms. The first-order valence-corrected chi connectivity index (χ1v) is 3.46. The first-order chi connectivity index (χ1) is 3.41. The summed E-state index contributed by atoms with van der Waals surface area (Å²) in [6, 6.07) is 0. The van der Waals surface area contributed by atoms with E-state index in [0.717, 1.165) is 6.54 Å². The molecule has 0 fully saturated rings. The average Bonchev–Trinajstić information content (AvgIpc) is 1.75. The van der Waals surface area contributed by atoms with Gasteiger partial charge >= 0.3 is 0 Å². The van der Waals surface area contributed by atoms with Crippen molar-refractivity contribution in [1.82, 2.24) is 0 Å². The maximum Gasteiger partial charge on any atom is 0.141 e. The van der Waals surface area contributed by atoms with Gasteiger partial charge in [0.15, 0.2) is 0 Å². The fourth-order valence-electron chi connectivity index (χ4n) is 0.204. The number of hydrogen-bond donors (Lipinski definition) is 2. The van der Waals surface area contributed by atoms with E-state index in [1.807, 2.05) is 0 Å². The molecule has 0 aliphatic carbocycles. The van der Waals surface area contributed by atoms with Gasteiger partial charge in [0.2, 0.25) is 0 Å². The van der Waals surface area contributed by atoms with Crippen molar-refractivity contribution in [3.05, 3.63) is 0 Å². The largest absolute Gasteiger partial charge is 0.442 e. The first-order valence-electron chi connectivity index (χ1n) is 2.56. The Bertz CT molecular complexity index is 19.2. The van der Waals surface area contributed by atoms with Gasteiger partial charge in [-0.25, -0.2) is 0 Å². The van der Waals surface area contributed by atoms with Crippen LogP contribution in [0.5, 0.6) is 0 Å². The topological polar surface area (TPSA) is 46.2 Å². The highest BCUT2D eigenvalue weighted by Crippen LogP contribution is 1.77. The second-order valence-corrected chi connectivity index (χ2v) is 1.14. The molecular weight excluding hydrogens is 106 g/mol. The molecule has 3 N–H and O–H groups in total. The quantitative estimate of drug-likeness (QED) is 0.461. The van der Waals surface area contributed by atoms with Gasteiger partial charge in [-0.3, -0.25) is 0 Å². The Morgan fingerprint density at radius 2 is 2.00 bits per heavy atom. The van der Waals surface area contributed by atoms with Gasteiger partial charge in [0.25, 0.3) is 0 Å². The van der Waals surface area contributed by atoms with Crippen LogP contribution in [0.2, 0.25) is 0 Å². The van der Waals surface area contributed by atoms with Crippen LogP contribution < -0.4 is 5.73 Å². The summed E-state index contributed by atoms with van der Waals surface area (Å²) in [6.07, 6.45) is 2.39. The lowest BCUT2D eigenvalue weighted by atomic mass is 10.3.